The van der Waals surface area contributed by atoms with E-state index in [1.165, 1.54) is 0 Å². The Morgan fingerprint density at radius 2 is 2.00 bits per heavy atom. The Labute approximate surface area is 85.4 Å². The van der Waals surface area contributed by atoms with Crippen LogP contribution in [0.3, 0.4) is 0 Å². The molecule has 3 nitrogen and oxygen atoms in total. The van der Waals surface area contributed by atoms with Crippen molar-refractivity contribution in [2.75, 3.05) is 12.5 Å². The Hall–Kier alpha value is -1.16. The molecule has 0 saturated carbocycles. The summed E-state index contributed by atoms with van der Waals surface area (Å²) >= 11 is 1.70. The molecule has 0 bridgehead atoms. The molecule has 0 radical (unpaired) electrons. The lowest BCUT2D eigenvalue weighted by molar-refractivity contribution is 0.0984. The first kappa shape index (κ1) is 8.17. The summed E-state index contributed by atoms with van der Waals surface area (Å²) in [6, 6.07) is 3.70. The highest BCUT2D eigenvalue weighted by molar-refractivity contribution is 7.99. The molecule has 0 atom stereocenters. The van der Waals surface area contributed by atoms with E-state index in [1.54, 1.807) is 17.8 Å². The first-order valence-electron chi connectivity index (χ1n) is 4.44. The van der Waals surface area contributed by atoms with Crippen molar-refractivity contribution in [2.24, 2.45) is 0 Å². The van der Waals surface area contributed by atoms with Gasteiger partial charge in [0.05, 0.1) is 0 Å². The van der Waals surface area contributed by atoms with Crippen LogP contribution in [0.2, 0.25) is 0 Å². The minimum atomic E-state index is 0.206. The summed E-state index contributed by atoms with van der Waals surface area (Å²) in [6.07, 6.45) is 0.622. The molecule has 14 heavy (non-hydrogen) atoms. The predicted molar refractivity (Wildman–Crippen MR) is 52.2 cm³/mol. The van der Waals surface area contributed by atoms with Crippen LogP contribution in [-0.4, -0.2) is 18.3 Å². The number of carbonyl (C=O) groups excluding carboxylic acids is 1. The van der Waals surface area contributed by atoms with Crippen LogP contribution in [0.1, 0.15) is 16.8 Å². The second-order valence-electron chi connectivity index (χ2n) is 3.22. The number of benzene rings is 1. The molecule has 2 aliphatic rings. The van der Waals surface area contributed by atoms with E-state index in [1.807, 2.05) is 6.07 Å². The highest BCUT2D eigenvalue weighted by Crippen LogP contribution is 2.40. The van der Waals surface area contributed by atoms with Crippen LogP contribution < -0.4 is 9.47 Å². The lowest BCUT2D eigenvalue weighted by Gasteiger charge is -2.14. The predicted octanol–water partition coefficient (Wildman–Crippen LogP) is 2.09. The zero-order valence-electron chi connectivity index (χ0n) is 7.41. The Morgan fingerprint density at radius 3 is 2.86 bits per heavy atom. The number of ketones is 1. The van der Waals surface area contributed by atoms with Gasteiger partial charge in [-0.1, -0.05) is 0 Å². The van der Waals surface area contributed by atoms with Crippen LogP contribution in [0, 0.1) is 0 Å². The number of rotatable bonds is 0. The third kappa shape index (κ3) is 1.10. The maximum absolute atomic E-state index is 11.6. The molecule has 0 spiro atoms. The molecule has 0 saturated heterocycles. The van der Waals surface area contributed by atoms with E-state index in [9.17, 15) is 4.79 Å². The number of Topliss-reactive ketones (excluding diaryl/α,β-unsaturated/α-hetero) is 1. The topological polar surface area (TPSA) is 35.5 Å². The summed E-state index contributed by atoms with van der Waals surface area (Å²) in [5.74, 6) is 2.52. The van der Waals surface area contributed by atoms with Crippen LogP contribution in [0.25, 0.3) is 0 Å². The van der Waals surface area contributed by atoms with Gasteiger partial charge >= 0.3 is 0 Å². The van der Waals surface area contributed by atoms with Crippen molar-refractivity contribution in [3.63, 3.8) is 0 Å². The van der Waals surface area contributed by atoms with Gasteiger partial charge in [0.25, 0.3) is 0 Å². The van der Waals surface area contributed by atoms with Gasteiger partial charge in [0.1, 0.15) is 0 Å². The van der Waals surface area contributed by atoms with Crippen molar-refractivity contribution in [3.05, 3.63) is 17.7 Å². The molecule has 0 amide bonds. The molecule has 1 aromatic carbocycles. The summed E-state index contributed by atoms with van der Waals surface area (Å²) in [4.78, 5) is 12.6. The van der Waals surface area contributed by atoms with Gasteiger partial charge < -0.3 is 9.47 Å². The standard InChI is InChI=1S/C10H8O3S/c11-7-1-2-14-10-4-9-8(3-6(7)10)12-5-13-9/h3-4H,1-2,5H2. The van der Waals surface area contributed by atoms with Crippen molar-refractivity contribution in [3.8, 4) is 11.5 Å². The number of hydrogen-bond acceptors (Lipinski definition) is 4. The molecule has 4 heteroatoms. The largest absolute Gasteiger partial charge is 0.454 e. The fourth-order valence-corrected chi connectivity index (χ4v) is 2.68. The van der Waals surface area contributed by atoms with Gasteiger partial charge in [-0.15, -0.1) is 11.8 Å². The summed E-state index contributed by atoms with van der Waals surface area (Å²) in [7, 11) is 0. The van der Waals surface area contributed by atoms with Crippen LogP contribution in [0.4, 0.5) is 0 Å². The van der Waals surface area contributed by atoms with E-state index >= 15 is 0 Å². The minimum Gasteiger partial charge on any atom is -0.454 e. The number of ether oxygens (including phenoxy) is 2. The van der Waals surface area contributed by atoms with Gasteiger partial charge in [0.2, 0.25) is 6.79 Å². The van der Waals surface area contributed by atoms with Crippen LogP contribution in [0.5, 0.6) is 11.5 Å². The third-order valence-electron chi connectivity index (χ3n) is 2.36. The molecule has 2 heterocycles. The average Bonchev–Trinajstić information content (AvgIpc) is 2.62. The molecule has 0 aromatic heterocycles. The average molecular weight is 208 g/mol. The molecule has 3 rings (SSSR count). The molecule has 0 N–H and O–H groups in total. The van der Waals surface area contributed by atoms with Gasteiger partial charge in [-0.3, -0.25) is 4.79 Å². The van der Waals surface area contributed by atoms with E-state index in [-0.39, 0.29) is 12.6 Å². The van der Waals surface area contributed by atoms with Crippen molar-refractivity contribution in [1.82, 2.24) is 0 Å². The zero-order chi connectivity index (χ0) is 9.54. The second kappa shape index (κ2) is 2.92. The van der Waals surface area contributed by atoms with Gasteiger partial charge in [0, 0.05) is 22.6 Å². The van der Waals surface area contributed by atoms with E-state index in [0.717, 1.165) is 22.0 Å². The second-order valence-corrected chi connectivity index (χ2v) is 4.36. The van der Waals surface area contributed by atoms with E-state index in [0.29, 0.717) is 12.2 Å². The molecular formula is C10H8O3S. The Kier molecular flexibility index (Phi) is 1.70. The van der Waals surface area contributed by atoms with Gasteiger partial charge in [-0.25, -0.2) is 0 Å². The van der Waals surface area contributed by atoms with E-state index < -0.39 is 0 Å². The van der Waals surface area contributed by atoms with Crippen molar-refractivity contribution in [2.45, 2.75) is 11.3 Å². The summed E-state index contributed by atoms with van der Waals surface area (Å²) < 4.78 is 10.5. The van der Waals surface area contributed by atoms with Crippen LogP contribution >= 0.6 is 11.8 Å². The Bertz CT molecular complexity index is 414. The number of hydrogen-bond donors (Lipinski definition) is 0. The summed E-state index contributed by atoms with van der Waals surface area (Å²) in [5.41, 5.74) is 0.783. The lowest BCUT2D eigenvalue weighted by Crippen LogP contribution is -2.07. The maximum Gasteiger partial charge on any atom is 0.231 e. The third-order valence-corrected chi connectivity index (χ3v) is 3.42. The molecule has 2 aliphatic heterocycles. The summed E-state index contributed by atoms with van der Waals surface area (Å²) in [6.45, 7) is 0.261. The normalized spacial score (nSPS) is 18.1. The molecule has 0 unspecified atom stereocenters. The fraction of sp³-hybridized carbons (Fsp3) is 0.300. The SMILES string of the molecule is O=C1CCSc2cc3c(cc21)OCO3. The van der Waals surface area contributed by atoms with Gasteiger partial charge in [-0.05, 0) is 12.1 Å². The summed E-state index contributed by atoms with van der Waals surface area (Å²) in [5, 5.41) is 0. The quantitative estimate of drug-likeness (QED) is 0.654. The van der Waals surface area contributed by atoms with Gasteiger partial charge in [-0.2, -0.15) is 0 Å². The fourth-order valence-electron chi connectivity index (χ4n) is 1.65. The maximum atomic E-state index is 11.6. The molecule has 0 fully saturated rings. The monoisotopic (exact) mass is 208 g/mol. The smallest absolute Gasteiger partial charge is 0.231 e. The van der Waals surface area contributed by atoms with Gasteiger partial charge in [0.15, 0.2) is 17.3 Å². The van der Waals surface area contributed by atoms with Crippen LogP contribution in [0.15, 0.2) is 17.0 Å². The first-order chi connectivity index (χ1) is 6.84. The molecule has 72 valence electrons. The Morgan fingerprint density at radius 1 is 1.21 bits per heavy atom. The molecule has 0 aliphatic carbocycles. The highest BCUT2D eigenvalue weighted by atomic mass is 32.2. The van der Waals surface area contributed by atoms with Crippen molar-refractivity contribution >= 4 is 17.5 Å². The minimum absolute atomic E-state index is 0.206. The van der Waals surface area contributed by atoms with Crippen molar-refractivity contribution < 1.29 is 14.3 Å². The highest BCUT2D eigenvalue weighted by Gasteiger charge is 2.23. The van der Waals surface area contributed by atoms with E-state index in [4.69, 9.17) is 9.47 Å². The molecular weight excluding hydrogens is 200 g/mol. The lowest BCUT2D eigenvalue weighted by atomic mass is 10.1. The van der Waals surface area contributed by atoms with Crippen molar-refractivity contribution in [1.29, 1.82) is 0 Å². The zero-order valence-corrected chi connectivity index (χ0v) is 8.23. The number of carbonyl (C=O) groups is 1. The van der Waals surface area contributed by atoms with E-state index in [2.05, 4.69) is 0 Å². The number of fused-ring (bicyclic) bond motifs is 2. The Balaban J connectivity index is 2.17. The van der Waals surface area contributed by atoms with Crippen LogP contribution in [-0.2, 0) is 0 Å². The number of thioether (sulfide) groups is 1. The molecule has 1 aromatic rings. The first-order valence-corrected chi connectivity index (χ1v) is 5.43.